The van der Waals surface area contributed by atoms with E-state index in [0.717, 1.165) is 18.4 Å². The predicted molar refractivity (Wildman–Crippen MR) is 82.6 cm³/mol. The zero-order chi connectivity index (χ0) is 15.3. The molecule has 0 aromatic heterocycles. The van der Waals surface area contributed by atoms with Crippen molar-refractivity contribution in [2.45, 2.75) is 46.6 Å². The Morgan fingerprint density at radius 1 is 1.30 bits per heavy atom. The van der Waals surface area contributed by atoms with Crippen molar-refractivity contribution in [2.24, 2.45) is 11.3 Å². The van der Waals surface area contributed by atoms with E-state index in [1.54, 1.807) is 12.1 Å². The molecule has 0 amide bonds. The minimum absolute atomic E-state index is 0.174. The molecule has 0 aliphatic rings. The van der Waals surface area contributed by atoms with E-state index in [9.17, 15) is 4.39 Å². The smallest absolute Gasteiger partial charge is 0.165 e. The number of rotatable bonds is 6. The van der Waals surface area contributed by atoms with Gasteiger partial charge in [-0.15, -0.1) is 0 Å². The molecule has 0 aliphatic heterocycles. The van der Waals surface area contributed by atoms with Crippen LogP contribution in [0, 0.1) is 17.2 Å². The Morgan fingerprint density at radius 2 is 1.95 bits per heavy atom. The lowest BCUT2D eigenvalue weighted by molar-refractivity contribution is 0.278. The first-order valence-electron chi connectivity index (χ1n) is 7.27. The lowest BCUT2D eigenvalue weighted by Crippen LogP contribution is -2.21. The monoisotopic (exact) mass is 281 g/mol. The van der Waals surface area contributed by atoms with Crippen molar-refractivity contribution >= 4 is 0 Å². The molecule has 3 heteroatoms. The molecule has 20 heavy (non-hydrogen) atoms. The fourth-order valence-electron chi connectivity index (χ4n) is 2.85. The van der Waals surface area contributed by atoms with E-state index in [1.807, 2.05) is 13.1 Å². The van der Waals surface area contributed by atoms with Gasteiger partial charge in [-0.3, -0.25) is 0 Å². The number of methoxy groups -OCH3 is 1. The molecule has 0 radical (unpaired) electrons. The topological polar surface area (TPSA) is 21.3 Å². The van der Waals surface area contributed by atoms with Gasteiger partial charge >= 0.3 is 0 Å². The lowest BCUT2D eigenvalue weighted by atomic mass is 9.82. The maximum atomic E-state index is 13.8. The van der Waals surface area contributed by atoms with Crippen molar-refractivity contribution in [2.75, 3.05) is 14.2 Å². The van der Waals surface area contributed by atoms with E-state index in [2.05, 4.69) is 33.0 Å². The van der Waals surface area contributed by atoms with Gasteiger partial charge in [0.25, 0.3) is 0 Å². The van der Waals surface area contributed by atoms with Crippen molar-refractivity contribution in [1.82, 2.24) is 5.32 Å². The molecule has 2 nitrogen and oxygen atoms in total. The van der Waals surface area contributed by atoms with Gasteiger partial charge in [0.05, 0.1) is 7.11 Å². The third kappa shape index (κ3) is 5.12. The van der Waals surface area contributed by atoms with Gasteiger partial charge in [-0.1, -0.05) is 33.8 Å². The van der Waals surface area contributed by atoms with Crippen LogP contribution in [0.25, 0.3) is 0 Å². The second-order valence-corrected chi connectivity index (χ2v) is 6.84. The van der Waals surface area contributed by atoms with Gasteiger partial charge in [0.2, 0.25) is 0 Å². The molecule has 0 spiro atoms. The van der Waals surface area contributed by atoms with Gasteiger partial charge in [0, 0.05) is 6.04 Å². The van der Waals surface area contributed by atoms with Crippen LogP contribution >= 0.6 is 0 Å². The molecule has 0 fully saturated rings. The van der Waals surface area contributed by atoms with E-state index in [1.165, 1.54) is 7.11 Å². The fourth-order valence-corrected chi connectivity index (χ4v) is 2.85. The van der Waals surface area contributed by atoms with E-state index in [0.29, 0.717) is 17.1 Å². The van der Waals surface area contributed by atoms with E-state index in [-0.39, 0.29) is 11.9 Å². The number of nitrogens with one attached hydrogen (secondary N) is 1. The summed E-state index contributed by atoms with van der Waals surface area (Å²) in [5.41, 5.74) is 1.30. The Kier molecular flexibility index (Phi) is 6.00. The van der Waals surface area contributed by atoms with Crippen molar-refractivity contribution in [3.63, 3.8) is 0 Å². The summed E-state index contributed by atoms with van der Waals surface area (Å²) in [4.78, 5) is 0. The van der Waals surface area contributed by atoms with Crippen LogP contribution in [-0.2, 0) is 0 Å². The van der Waals surface area contributed by atoms with Crippen LogP contribution in [0.5, 0.6) is 5.75 Å². The Morgan fingerprint density at radius 3 is 2.40 bits per heavy atom. The van der Waals surface area contributed by atoms with Crippen molar-refractivity contribution < 1.29 is 9.13 Å². The fraction of sp³-hybridized carbons (Fsp3) is 0.647. The molecule has 114 valence electrons. The summed E-state index contributed by atoms with van der Waals surface area (Å²) in [6, 6.07) is 5.38. The number of ether oxygens (including phenoxy) is 1. The first-order valence-corrected chi connectivity index (χ1v) is 7.27. The molecule has 2 atom stereocenters. The zero-order valence-corrected chi connectivity index (χ0v) is 13.6. The quantitative estimate of drug-likeness (QED) is 0.825. The molecule has 0 saturated heterocycles. The SMILES string of the molecule is CNC(CC(C)CC(C)(C)C)c1ccc(OC)c(F)c1. The molecule has 2 unspecified atom stereocenters. The highest BCUT2D eigenvalue weighted by atomic mass is 19.1. The van der Waals surface area contributed by atoms with Gasteiger partial charge in [-0.05, 0) is 48.9 Å². The van der Waals surface area contributed by atoms with E-state index < -0.39 is 0 Å². The lowest BCUT2D eigenvalue weighted by Gasteiger charge is -2.27. The summed E-state index contributed by atoms with van der Waals surface area (Å²) in [5.74, 6) is 0.581. The maximum absolute atomic E-state index is 13.8. The standard InChI is InChI=1S/C17H28FNO/c1-12(11-17(2,3)4)9-15(19-5)13-7-8-16(20-6)14(18)10-13/h7-8,10,12,15,19H,9,11H2,1-6H3. The Balaban J connectivity index is 2.78. The van der Waals surface area contributed by atoms with Crippen LogP contribution in [0.3, 0.4) is 0 Å². The summed E-state index contributed by atoms with van der Waals surface area (Å²) in [6.07, 6.45) is 2.16. The summed E-state index contributed by atoms with van der Waals surface area (Å²) in [5, 5.41) is 3.29. The molecule has 1 N–H and O–H groups in total. The van der Waals surface area contributed by atoms with Crippen LogP contribution in [0.1, 0.15) is 52.1 Å². The average Bonchev–Trinajstić information content (AvgIpc) is 2.33. The molecule has 1 rings (SSSR count). The zero-order valence-electron chi connectivity index (χ0n) is 13.6. The maximum Gasteiger partial charge on any atom is 0.165 e. The number of benzene rings is 1. The van der Waals surface area contributed by atoms with Gasteiger partial charge in [0.15, 0.2) is 11.6 Å². The van der Waals surface area contributed by atoms with E-state index >= 15 is 0 Å². The number of hydrogen-bond donors (Lipinski definition) is 1. The molecule has 0 aliphatic carbocycles. The van der Waals surface area contributed by atoms with Crippen LogP contribution in [0.2, 0.25) is 0 Å². The van der Waals surface area contributed by atoms with Gasteiger partial charge in [0.1, 0.15) is 0 Å². The Labute approximate surface area is 122 Å². The highest BCUT2D eigenvalue weighted by Crippen LogP contribution is 2.31. The second-order valence-electron chi connectivity index (χ2n) is 6.84. The summed E-state index contributed by atoms with van der Waals surface area (Å²) < 4.78 is 18.8. The van der Waals surface area contributed by atoms with Crippen LogP contribution in [-0.4, -0.2) is 14.2 Å². The molecule has 1 aromatic carbocycles. The minimum atomic E-state index is -0.297. The van der Waals surface area contributed by atoms with Gasteiger partial charge in [-0.2, -0.15) is 0 Å². The highest BCUT2D eigenvalue weighted by Gasteiger charge is 2.20. The minimum Gasteiger partial charge on any atom is -0.494 e. The van der Waals surface area contributed by atoms with Crippen molar-refractivity contribution in [3.05, 3.63) is 29.6 Å². The van der Waals surface area contributed by atoms with E-state index in [4.69, 9.17) is 4.74 Å². The summed E-state index contributed by atoms with van der Waals surface area (Å²) in [6.45, 7) is 9.02. The molecular formula is C17H28FNO. The first-order chi connectivity index (χ1) is 9.26. The average molecular weight is 281 g/mol. The van der Waals surface area contributed by atoms with Crippen molar-refractivity contribution in [3.8, 4) is 5.75 Å². The summed E-state index contributed by atoms with van der Waals surface area (Å²) >= 11 is 0. The highest BCUT2D eigenvalue weighted by molar-refractivity contribution is 5.31. The first kappa shape index (κ1) is 17.0. The van der Waals surface area contributed by atoms with Crippen LogP contribution in [0.4, 0.5) is 4.39 Å². The van der Waals surface area contributed by atoms with Crippen molar-refractivity contribution in [1.29, 1.82) is 0 Å². The number of hydrogen-bond acceptors (Lipinski definition) is 2. The molecule has 0 heterocycles. The van der Waals surface area contributed by atoms with Crippen LogP contribution < -0.4 is 10.1 Å². The number of halogens is 1. The third-order valence-electron chi connectivity index (χ3n) is 3.53. The molecule has 0 bridgehead atoms. The van der Waals surface area contributed by atoms with Gasteiger partial charge in [-0.25, -0.2) is 4.39 Å². The largest absolute Gasteiger partial charge is 0.494 e. The molecular weight excluding hydrogens is 253 g/mol. The van der Waals surface area contributed by atoms with Gasteiger partial charge < -0.3 is 10.1 Å². The molecule has 0 saturated carbocycles. The predicted octanol–water partition coefficient (Wildman–Crippen LogP) is 4.56. The summed E-state index contributed by atoms with van der Waals surface area (Å²) in [7, 11) is 3.41. The molecule has 1 aromatic rings. The third-order valence-corrected chi connectivity index (χ3v) is 3.53. The van der Waals surface area contributed by atoms with Crippen LogP contribution in [0.15, 0.2) is 18.2 Å². The Bertz CT molecular complexity index is 425. The second kappa shape index (κ2) is 7.07. The Hall–Kier alpha value is -1.09. The normalized spacial score (nSPS) is 14.9.